The van der Waals surface area contributed by atoms with Gasteiger partial charge in [-0.1, -0.05) is 12.5 Å². The van der Waals surface area contributed by atoms with Crippen LogP contribution in [0.4, 0.5) is 0 Å². The van der Waals surface area contributed by atoms with E-state index in [1.54, 1.807) is 0 Å². The molecule has 2 heterocycles. The number of nitrogens with zero attached hydrogens (tertiary/aromatic N) is 2. The molecule has 0 spiro atoms. The maximum absolute atomic E-state index is 11.7. The average molecular weight is 258 g/mol. The lowest BCUT2D eigenvalue weighted by Crippen LogP contribution is -2.30. The van der Waals surface area contributed by atoms with Gasteiger partial charge in [-0.15, -0.1) is 0 Å². The smallest absolute Gasteiger partial charge is 0.222 e. The quantitative estimate of drug-likeness (QED) is 0.816. The first-order chi connectivity index (χ1) is 9.19. The Bertz CT molecular complexity index is 479. The molecule has 19 heavy (non-hydrogen) atoms. The van der Waals surface area contributed by atoms with Crippen LogP contribution >= 0.6 is 0 Å². The lowest BCUT2D eigenvalue weighted by atomic mass is 10.1. The highest BCUT2D eigenvalue weighted by Crippen LogP contribution is 2.19. The van der Waals surface area contributed by atoms with Crippen molar-refractivity contribution in [1.29, 1.82) is 0 Å². The van der Waals surface area contributed by atoms with E-state index < -0.39 is 0 Å². The van der Waals surface area contributed by atoms with E-state index in [9.17, 15) is 4.79 Å². The molecule has 1 aromatic rings. The summed E-state index contributed by atoms with van der Waals surface area (Å²) in [6.07, 6.45) is 7.75. The number of likely N-dealkylation sites (tertiary alicyclic amines) is 1. The molecule has 0 unspecified atom stereocenters. The van der Waals surface area contributed by atoms with Crippen LogP contribution in [0.5, 0.6) is 0 Å². The number of hydrogen-bond acceptors (Lipinski definition) is 2. The van der Waals surface area contributed by atoms with Crippen LogP contribution in [0, 0.1) is 6.92 Å². The van der Waals surface area contributed by atoms with Crippen molar-refractivity contribution in [2.75, 3.05) is 13.1 Å². The van der Waals surface area contributed by atoms with E-state index in [-0.39, 0.29) is 5.91 Å². The summed E-state index contributed by atoms with van der Waals surface area (Å²) < 4.78 is 0. The van der Waals surface area contributed by atoms with Crippen molar-refractivity contribution in [2.45, 2.75) is 39.5 Å². The summed E-state index contributed by atoms with van der Waals surface area (Å²) >= 11 is 0. The SMILES string of the molecule is CCC(=O)N1CCC/C(=C/c2cc(C)ccn2)CC1. The Morgan fingerprint density at radius 2 is 2.26 bits per heavy atom. The molecule has 1 aliphatic rings. The van der Waals surface area contributed by atoms with Gasteiger partial charge in [-0.05, 0) is 50.0 Å². The third kappa shape index (κ3) is 3.91. The van der Waals surface area contributed by atoms with E-state index in [0.717, 1.165) is 38.0 Å². The Kier molecular flexibility index (Phi) is 4.72. The molecule has 2 rings (SSSR count). The van der Waals surface area contributed by atoms with Crippen LogP contribution in [-0.2, 0) is 4.79 Å². The predicted molar refractivity (Wildman–Crippen MR) is 77.7 cm³/mol. The molecule has 0 aliphatic carbocycles. The summed E-state index contributed by atoms with van der Waals surface area (Å²) in [6, 6.07) is 4.11. The highest BCUT2D eigenvalue weighted by molar-refractivity contribution is 5.75. The van der Waals surface area contributed by atoms with Gasteiger partial charge in [0.25, 0.3) is 0 Å². The molecule has 0 saturated carbocycles. The fraction of sp³-hybridized carbons (Fsp3) is 0.500. The zero-order valence-electron chi connectivity index (χ0n) is 11.9. The van der Waals surface area contributed by atoms with E-state index in [1.807, 2.05) is 24.1 Å². The van der Waals surface area contributed by atoms with Crippen LogP contribution in [0.15, 0.2) is 23.9 Å². The second-order valence-corrected chi connectivity index (χ2v) is 5.15. The second-order valence-electron chi connectivity index (χ2n) is 5.15. The average Bonchev–Trinajstić information content (AvgIpc) is 2.63. The zero-order valence-corrected chi connectivity index (χ0v) is 11.9. The lowest BCUT2D eigenvalue weighted by molar-refractivity contribution is -0.130. The molecule has 3 nitrogen and oxygen atoms in total. The summed E-state index contributed by atoms with van der Waals surface area (Å²) in [5.41, 5.74) is 3.67. The fourth-order valence-electron chi connectivity index (χ4n) is 2.48. The minimum atomic E-state index is 0.273. The molecule has 1 fully saturated rings. The normalized spacial score (nSPS) is 18.4. The van der Waals surface area contributed by atoms with E-state index in [1.165, 1.54) is 11.1 Å². The van der Waals surface area contributed by atoms with E-state index in [0.29, 0.717) is 6.42 Å². The predicted octanol–water partition coefficient (Wildman–Crippen LogP) is 3.20. The first-order valence-corrected chi connectivity index (χ1v) is 7.09. The first kappa shape index (κ1) is 13.8. The number of hydrogen-bond donors (Lipinski definition) is 0. The third-order valence-electron chi connectivity index (χ3n) is 3.57. The van der Waals surface area contributed by atoms with Crippen molar-refractivity contribution >= 4 is 12.0 Å². The molecule has 1 amide bonds. The number of rotatable bonds is 2. The summed E-state index contributed by atoms with van der Waals surface area (Å²) in [5.74, 6) is 0.273. The maximum atomic E-state index is 11.7. The summed E-state index contributed by atoms with van der Waals surface area (Å²) in [7, 11) is 0. The minimum Gasteiger partial charge on any atom is -0.342 e. The van der Waals surface area contributed by atoms with E-state index >= 15 is 0 Å². The molecule has 102 valence electrons. The van der Waals surface area contributed by atoms with Gasteiger partial charge in [0.05, 0.1) is 5.69 Å². The van der Waals surface area contributed by atoms with Gasteiger partial charge in [0.2, 0.25) is 5.91 Å². The molecule has 0 bridgehead atoms. The van der Waals surface area contributed by atoms with Gasteiger partial charge in [0.1, 0.15) is 0 Å². The minimum absolute atomic E-state index is 0.273. The van der Waals surface area contributed by atoms with Crippen molar-refractivity contribution in [1.82, 2.24) is 9.88 Å². The van der Waals surface area contributed by atoms with Gasteiger partial charge >= 0.3 is 0 Å². The van der Waals surface area contributed by atoms with Crippen molar-refractivity contribution < 1.29 is 4.79 Å². The summed E-state index contributed by atoms with van der Waals surface area (Å²) in [5, 5.41) is 0. The second kappa shape index (κ2) is 6.50. The molecule has 1 saturated heterocycles. The zero-order chi connectivity index (χ0) is 13.7. The summed E-state index contributed by atoms with van der Waals surface area (Å²) in [6.45, 7) is 5.76. The number of aryl methyl sites for hydroxylation is 1. The monoisotopic (exact) mass is 258 g/mol. The van der Waals surface area contributed by atoms with E-state index in [2.05, 4.69) is 24.1 Å². The summed E-state index contributed by atoms with van der Waals surface area (Å²) in [4.78, 5) is 18.1. The number of amides is 1. The molecular weight excluding hydrogens is 236 g/mol. The molecule has 1 aliphatic heterocycles. The fourth-order valence-corrected chi connectivity index (χ4v) is 2.48. The first-order valence-electron chi connectivity index (χ1n) is 7.09. The van der Waals surface area contributed by atoms with Gasteiger partial charge < -0.3 is 4.90 Å². The van der Waals surface area contributed by atoms with Crippen LogP contribution in [0.1, 0.15) is 43.9 Å². The van der Waals surface area contributed by atoms with Gasteiger partial charge in [0.15, 0.2) is 0 Å². The highest BCUT2D eigenvalue weighted by atomic mass is 16.2. The number of carbonyl (C=O) groups excluding carboxylic acids is 1. The largest absolute Gasteiger partial charge is 0.342 e. The Balaban J connectivity index is 2.04. The Morgan fingerprint density at radius 3 is 3.00 bits per heavy atom. The number of aromatic nitrogens is 1. The van der Waals surface area contributed by atoms with Crippen molar-refractivity contribution in [3.8, 4) is 0 Å². The molecule has 0 aromatic carbocycles. The molecular formula is C16H22N2O. The van der Waals surface area contributed by atoms with Gasteiger partial charge in [-0.25, -0.2) is 0 Å². The number of pyridine rings is 1. The Morgan fingerprint density at radius 1 is 1.42 bits per heavy atom. The molecule has 0 atom stereocenters. The van der Waals surface area contributed by atoms with Crippen LogP contribution in [-0.4, -0.2) is 28.9 Å². The van der Waals surface area contributed by atoms with Crippen molar-refractivity contribution in [3.63, 3.8) is 0 Å². The Hall–Kier alpha value is -1.64. The van der Waals surface area contributed by atoms with Gasteiger partial charge in [-0.2, -0.15) is 0 Å². The van der Waals surface area contributed by atoms with Crippen LogP contribution in [0.25, 0.3) is 6.08 Å². The van der Waals surface area contributed by atoms with Crippen LogP contribution in [0.2, 0.25) is 0 Å². The van der Waals surface area contributed by atoms with Crippen LogP contribution < -0.4 is 0 Å². The topological polar surface area (TPSA) is 33.2 Å². The lowest BCUT2D eigenvalue weighted by Gasteiger charge is -2.18. The molecule has 1 aromatic heterocycles. The van der Waals surface area contributed by atoms with Gasteiger partial charge in [0, 0.05) is 25.7 Å². The Labute approximate surface area is 115 Å². The van der Waals surface area contributed by atoms with E-state index in [4.69, 9.17) is 0 Å². The molecule has 3 heteroatoms. The third-order valence-corrected chi connectivity index (χ3v) is 3.57. The van der Waals surface area contributed by atoms with Crippen molar-refractivity contribution in [2.24, 2.45) is 0 Å². The number of carbonyl (C=O) groups is 1. The van der Waals surface area contributed by atoms with Crippen LogP contribution in [0.3, 0.4) is 0 Å². The van der Waals surface area contributed by atoms with Gasteiger partial charge in [-0.3, -0.25) is 9.78 Å². The maximum Gasteiger partial charge on any atom is 0.222 e. The molecule has 0 N–H and O–H groups in total. The standard InChI is InChI=1S/C16H22N2O/c1-3-16(19)18-9-4-5-14(7-10-18)12-15-11-13(2)6-8-17-15/h6,8,11-12H,3-5,7,9-10H2,1-2H3/b14-12-. The van der Waals surface area contributed by atoms with Crippen molar-refractivity contribution in [3.05, 3.63) is 35.2 Å². The highest BCUT2D eigenvalue weighted by Gasteiger charge is 2.15. The molecule has 0 radical (unpaired) electrons.